The van der Waals surface area contributed by atoms with Crippen molar-refractivity contribution in [1.82, 2.24) is 9.72 Å². The van der Waals surface area contributed by atoms with Gasteiger partial charge in [-0.15, -0.1) is 11.8 Å². The maximum Gasteiger partial charge on any atom is 0.258 e. The zero-order chi connectivity index (χ0) is 21.5. The Morgan fingerprint density at radius 1 is 1.37 bits per heavy atom. The number of carbonyl (C=O) groups is 2. The van der Waals surface area contributed by atoms with E-state index in [0.29, 0.717) is 41.2 Å². The summed E-state index contributed by atoms with van der Waals surface area (Å²) in [6.45, 7) is 5.38. The molecule has 3 aromatic rings. The number of thioether (sulfide) groups is 1. The second-order valence-corrected chi connectivity index (χ2v) is 8.65. The molecule has 0 saturated heterocycles. The van der Waals surface area contributed by atoms with Crippen molar-refractivity contribution in [2.24, 2.45) is 4.99 Å². The first kappa shape index (κ1) is 22.5. The van der Waals surface area contributed by atoms with Crippen molar-refractivity contribution in [3.05, 3.63) is 39.8 Å². The van der Waals surface area contributed by atoms with Gasteiger partial charge in [-0.1, -0.05) is 28.1 Å². The van der Waals surface area contributed by atoms with Crippen LogP contribution < -0.4 is 10.1 Å². The normalized spacial score (nSPS) is 11.9. The van der Waals surface area contributed by atoms with E-state index in [9.17, 15) is 9.59 Å². The minimum absolute atomic E-state index is 0.0890. The summed E-state index contributed by atoms with van der Waals surface area (Å²) in [6, 6.07) is 7.20. The number of nitrogens with zero attached hydrogens (tertiary/aromatic N) is 3. The molecule has 2 amide bonds. The van der Waals surface area contributed by atoms with Crippen molar-refractivity contribution in [2.45, 2.75) is 20.4 Å². The average molecular weight is 469 g/mol. The Hall–Kier alpha value is -2.14. The number of carbonyl (C=O) groups excluding carboxylic acids is 2. The summed E-state index contributed by atoms with van der Waals surface area (Å²) in [5, 5.41) is 6.94. The molecule has 0 aliphatic rings. The lowest BCUT2D eigenvalue weighted by Crippen LogP contribution is -2.20. The Balaban J connectivity index is 1.65. The lowest BCUT2D eigenvalue weighted by molar-refractivity contribution is -0.115. The van der Waals surface area contributed by atoms with E-state index in [-0.39, 0.29) is 23.3 Å². The van der Waals surface area contributed by atoms with Crippen LogP contribution >= 0.6 is 34.7 Å². The summed E-state index contributed by atoms with van der Waals surface area (Å²) in [5.41, 5.74) is 0.950. The smallest absolute Gasteiger partial charge is 0.258 e. The number of aryl methyl sites for hydroxylation is 1. The number of benzene rings is 1. The Bertz CT molecular complexity index is 1110. The number of rotatable bonds is 9. The van der Waals surface area contributed by atoms with Gasteiger partial charge in [0.2, 0.25) is 5.91 Å². The number of hydrogen-bond acceptors (Lipinski definition) is 7. The summed E-state index contributed by atoms with van der Waals surface area (Å²) in [6.07, 6.45) is 0. The first-order valence-electron chi connectivity index (χ1n) is 9.21. The molecule has 11 heteroatoms. The Morgan fingerprint density at radius 2 is 2.20 bits per heavy atom. The maximum absolute atomic E-state index is 12.4. The fourth-order valence-corrected chi connectivity index (χ4v) is 4.57. The van der Waals surface area contributed by atoms with Crippen molar-refractivity contribution in [1.29, 1.82) is 0 Å². The van der Waals surface area contributed by atoms with Gasteiger partial charge in [0.15, 0.2) is 10.6 Å². The van der Waals surface area contributed by atoms with Crippen molar-refractivity contribution in [2.75, 3.05) is 30.0 Å². The molecule has 2 heterocycles. The minimum atomic E-state index is -0.312. The molecule has 0 radical (unpaired) electrons. The molecule has 0 atom stereocenters. The summed E-state index contributed by atoms with van der Waals surface area (Å²) in [5.74, 6) is 0.588. The quantitative estimate of drug-likeness (QED) is 0.482. The van der Waals surface area contributed by atoms with Gasteiger partial charge < -0.3 is 19.1 Å². The summed E-state index contributed by atoms with van der Waals surface area (Å²) >= 11 is 8.68. The molecule has 0 saturated carbocycles. The van der Waals surface area contributed by atoms with Crippen LogP contribution in [0, 0.1) is 6.92 Å². The molecule has 0 unspecified atom stereocenters. The molecular weight excluding hydrogens is 448 g/mol. The highest BCUT2D eigenvalue weighted by atomic mass is 35.5. The van der Waals surface area contributed by atoms with Gasteiger partial charge in [-0.3, -0.25) is 9.59 Å². The number of aromatic nitrogens is 2. The highest BCUT2D eigenvalue weighted by Crippen LogP contribution is 2.22. The second-order valence-electron chi connectivity index (χ2n) is 6.21. The molecule has 0 spiro atoms. The first-order valence-corrected chi connectivity index (χ1v) is 11.6. The molecule has 0 fully saturated rings. The van der Waals surface area contributed by atoms with Crippen LogP contribution in [0.15, 0.2) is 33.8 Å². The van der Waals surface area contributed by atoms with Crippen molar-refractivity contribution in [3.8, 4) is 0 Å². The molecule has 8 nitrogen and oxygen atoms in total. The highest BCUT2D eigenvalue weighted by molar-refractivity contribution is 8.00. The van der Waals surface area contributed by atoms with E-state index in [1.165, 1.54) is 23.1 Å². The van der Waals surface area contributed by atoms with Gasteiger partial charge in [-0.25, -0.2) is 0 Å². The van der Waals surface area contributed by atoms with Crippen LogP contribution in [-0.2, 0) is 20.9 Å². The molecule has 0 bridgehead atoms. The summed E-state index contributed by atoms with van der Waals surface area (Å²) in [7, 11) is 0. The Kier molecular flexibility index (Phi) is 8.08. The SMILES string of the molecule is CCOCCn1c(=NC(=O)CSCC(=O)Nc2cc(C)on2)sc2cc(Cl)ccc21. The monoisotopic (exact) mass is 468 g/mol. The number of anilines is 1. The largest absolute Gasteiger partial charge is 0.380 e. The number of ether oxygens (including phenoxy) is 1. The minimum Gasteiger partial charge on any atom is -0.380 e. The van der Waals surface area contributed by atoms with Crippen LogP contribution in [0.1, 0.15) is 12.7 Å². The van der Waals surface area contributed by atoms with E-state index < -0.39 is 0 Å². The number of halogens is 1. The van der Waals surface area contributed by atoms with Gasteiger partial charge in [0.05, 0.1) is 28.3 Å². The summed E-state index contributed by atoms with van der Waals surface area (Å²) < 4.78 is 13.2. The standard InChI is InChI=1S/C19H21ClN4O4S2/c1-3-27-7-6-24-14-5-4-13(20)9-15(14)30-19(24)22-18(26)11-29-10-17(25)21-16-8-12(2)28-23-16/h4-5,8-9H,3,6-7,10-11H2,1-2H3,(H,21,23,25). The van der Waals surface area contributed by atoms with Crippen molar-refractivity contribution < 1.29 is 18.8 Å². The van der Waals surface area contributed by atoms with Crippen molar-refractivity contribution in [3.63, 3.8) is 0 Å². The van der Waals surface area contributed by atoms with Gasteiger partial charge in [0, 0.05) is 24.2 Å². The van der Waals surface area contributed by atoms with E-state index in [2.05, 4.69) is 15.5 Å². The number of hydrogen-bond donors (Lipinski definition) is 1. The lowest BCUT2D eigenvalue weighted by Gasteiger charge is -2.05. The zero-order valence-corrected chi connectivity index (χ0v) is 18.9. The second kappa shape index (κ2) is 10.8. The fraction of sp³-hybridized carbons (Fsp3) is 0.368. The van der Waals surface area contributed by atoms with Crippen LogP contribution in [-0.4, -0.2) is 46.3 Å². The van der Waals surface area contributed by atoms with Crippen LogP contribution in [0.4, 0.5) is 5.82 Å². The molecule has 2 aromatic heterocycles. The molecule has 1 aromatic carbocycles. The molecule has 0 aliphatic carbocycles. The molecule has 0 aliphatic heterocycles. The van der Waals surface area contributed by atoms with E-state index in [0.717, 1.165) is 10.2 Å². The van der Waals surface area contributed by atoms with E-state index >= 15 is 0 Å². The van der Waals surface area contributed by atoms with E-state index in [1.54, 1.807) is 13.0 Å². The summed E-state index contributed by atoms with van der Waals surface area (Å²) in [4.78, 5) is 29.1. The topological polar surface area (TPSA) is 98.7 Å². The fourth-order valence-electron chi connectivity index (χ4n) is 2.62. The number of amides is 2. The maximum atomic E-state index is 12.4. The lowest BCUT2D eigenvalue weighted by atomic mass is 10.3. The predicted octanol–water partition coefficient (Wildman–Crippen LogP) is 3.49. The Morgan fingerprint density at radius 3 is 2.93 bits per heavy atom. The number of nitrogens with one attached hydrogen (secondary N) is 1. The van der Waals surface area contributed by atoms with E-state index in [4.69, 9.17) is 20.9 Å². The molecular formula is C19H21ClN4O4S2. The zero-order valence-electron chi connectivity index (χ0n) is 16.5. The van der Waals surface area contributed by atoms with Crippen LogP contribution in [0.5, 0.6) is 0 Å². The third-order valence-corrected chi connectivity index (χ3v) is 6.08. The third kappa shape index (κ3) is 6.18. The van der Waals surface area contributed by atoms with Crippen LogP contribution in [0.2, 0.25) is 5.02 Å². The van der Waals surface area contributed by atoms with Crippen LogP contribution in [0.25, 0.3) is 10.2 Å². The Labute approximate surface area is 186 Å². The van der Waals surface area contributed by atoms with Crippen molar-refractivity contribution >= 4 is 62.5 Å². The van der Waals surface area contributed by atoms with Gasteiger partial charge in [-0.05, 0) is 32.0 Å². The first-order chi connectivity index (χ1) is 14.5. The average Bonchev–Trinajstić information content (AvgIpc) is 3.24. The van der Waals surface area contributed by atoms with Gasteiger partial charge in [-0.2, -0.15) is 4.99 Å². The highest BCUT2D eigenvalue weighted by Gasteiger charge is 2.11. The van der Waals surface area contributed by atoms with Gasteiger partial charge >= 0.3 is 0 Å². The van der Waals surface area contributed by atoms with Crippen LogP contribution in [0.3, 0.4) is 0 Å². The molecule has 30 heavy (non-hydrogen) atoms. The molecule has 160 valence electrons. The molecule has 3 rings (SSSR count). The van der Waals surface area contributed by atoms with Gasteiger partial charge in [0.25, 0.3) is 5.91 Å². The van der Waals surface area contributed by atoms with E-state index in [1.807, 2.05) is 29.7 Å². The number of fused-ring (bicyclic) bond motifs is 1. The third-order valence-electron chi connectivity index (χ3n) is 3.88. The van der Waals surface area contributed by atoms with Gasteiger partial charge in [0.1, 0.15) is 5.76 Å². The number of thiazole rings is 1. The predicted molar refractivity (Wildman–Crippen MR) is 119 cm³/mol. The molecule has 1 N–H and O–H groups in total.